The summed E-state index contributed by atoms with van der Waals surface area (Å²) in [6.45, 7) is 4.11. The van der Waals surface area contributed by atoms with Crippen LogP contribution in [0.3, 0.4) is 0 Å². The van der Waals surface area contributed by atoms with E-state index in [0.29, 0.717) is 0 Å². The first-order chi connectivity index (χ1) is 21.0. The Morgan fingerprint density at radius 3 is 2.26 bits per heavy atom. The second-order valence-corrected chi connectivity index (χ2v) is 12.4. The lowest BCUT2D eigenvalue weighted by Crippen LogP contribution is -2.32. The van der Waals surface area contributed by atoms with E-state index < -0.39 is 0 Å². The summed E-state index contributed by atoms with van der Waals surface area (Å²) in [4.78, 5) is 9.31. The molecule has 3 aliphatic rings. The van der Waals surface area contributed by atoms with E-state index in [4.69, 9.17) is 0 Å². The average Bonchev–Trinajstić information content (AvgIpc) is 3.74. The molecule has 1 unspecified atom stereocenters. The monoisotopic (exact) mass is 559 g/mol. The highest BCUT2D eigenvalue weighted by Crippen LogP contribution is 2.52. The number of fused-ring (bicyclic) bond motifs is 6. The zero-order valence-electron chi connectivity index (χ0n) is 24.7. The zero-order chi connectivity index (χ0) is 28.9. The fourth-order valence-corrected chi connectivity index (χ4v) is 7.71. The minimum absolute atomic E-state index is 0.369. The third-order valence-corrected chi connectivity index (χ3v) is 9.87. The molecule has 5 heteroatoms. The van der Waals surface area contributed by atoms with Crippen molar-refractivity contribution >= 4 is 44.6 Å². The number of hydrogen-bond donors (Lipinski definition) is 0. The predicted molar refractivity (Wildman–Crippen MR) is 179 cm³/mol. The number of hydrogen-bond acceptors (Lipinski definition) is 4. The summed E-state index contributed by atoms with van der Waals surface area (Å²) in [5.74, 6) is 0. The van der Waals surface area contributed by atoms with Crippen LogP contribution >= 0.6 is 0 Å². The number of anilines is 4. The maximum atomic E-state index is 2.51. The molecule has 0 N–H and O–H groups in total. The Hall–Kier alpha value is -5.16. The molecule has 0 fully saturated rings. The predicted octanol–water partition coefficient (Wildman–Crippen LogP) is 8.18. The van der Waals surface area contributed by atoms with Crippen molar-refractivity contribution in [3.8, 4) is 5.69 Å². The van der Waals surface area contributed by atoms with Crippen LogP contribution in [0, 0.1) is 0 Å². The van der Waals surface area contributed by atoms with Crippen LogP contribution in [-0.4, -0.2) is 36.9 Å². The van der Waals surface area contributed by atoms with E-state index in [0.717, 1.165) is 13.3 Å². The normalized spacial score (nSPS) is 18.7. The molecule has 0 spiro atoms. The second kappa shape index (κ2) is 8.68. The van der Waals surface area contributed by atoms with E-state index in [1.807, 2.05) is 0 Å². The Kier molecular flexibility index (Phi) is 4.93. The van der Waals surface area contributed by atoms with Crippen LogP contribution in [0.2, 0.25) is 0 Å². The van der Waals surface area contributed by atoms with Gasteiger partial charge in [-0.1, -0.05) is 60.7 Å². The molecule has 0 amide bonds. The van der Waals surface area contributed by atoms with E-state index in [1.54, 1.807) is 0 Å². The van der Waals surface area contributed by atoms with E-state index >= 15 is 0 Å². The minimum Gasteiger partial charge on any atom is -0.361 e. The molecule has 5 nitrogen and oxygen atoms in total. The van der Waals surface area contributed by atoms with Gasteiger partial charge < -0.3 is 24.2 Å². The van der Waals surface area contributed by atoms with Gasteiger partial charge in [0.1, 0.15) is 0 Å². The maximum Gasteiger partial charge on any atom is 0.0950 e. The maximum absolute atomic E-state index is 2.51. The van der Waals surface area contributed by atoms with Crippen molar-refractivity contribution in [2.24, 2.45) is 0 Å². The van der Waals surface area contributed by atoms with Crippen LogP contribution in [0.25, 0.3) is 27.5 Å². The van der Waals surface area contributed by atoms with Crippen LogP contribution < -0.4 is 14.7 Å². The zero-order valence-corrected chi connectivity index (χ0v) is 24.7. The molecule has 3 aliphatic heterocycles. The first kappa shape index (κ1) is 24.4. The number of benzene rings is 5. The molecule has 9 rings (SSSR count). The Morgan fingerprint density at radius 2 is 1.40 bits per heavy atom. The summed E-state index contributed by atoms with van der Waals surface area (Å²) in [5.41, 5.74) is 12.4. The standard InChI is InChI=1S/C38H33N5/c1-38(26-10-8-11-27(22-26)41-21-20-39(2)24-41)31-14-9-13-30-29-12-4-5-15-33(29)43(37(30)31)34-19-18-28(23-32(34)38)42-25-40(3)35-16-6-7-17-36(35)42/h4-23H,24-25H2,1-3H3. The van der Waals surface area contributed by atoms with Crippen LogP contribution in [0.15, 0.2) is 122 Å². The molecule has 0 aliphatic carbocycles. The first-order valence-corrected chi connectivity index (χ1v) is 15.0. The molecular weight excluding hydrogens is 526 g/mol. The Labute approximate surface area is 252 Å². The fraction of sp³-hybridized carbons (Fsp3) is 0.158. The largest absolute Gasteiger partial charge is 0.361 e. The van der Waals surface area contributed by atoms with Gasteiger partial charge in [-0.05, 0) is 72.1 Å². The van der Waals surface area contributed by atoms with Gasteiger partial charge in [-0.3, -0.25) is 0 Å². The van der Waals surface area contributed by atoms with Crippen LogP contribution in [-0.2, 0) is 5.41 Å². The van der Waals surface area contributed by atoms with Gasteiger partial charge in [-0.15, -0.1) is 0 Å². The van der Waals surface area contributed by atoms with Crippen molar-refractivity contribution in [1.82, 2.24) is 9.47 Å². The highest BCUT2D eigenvalue weighted by molar-refractivity contribution is 6.12. The van der Waals surface area contributed by atoms with Gasteiger partial charge >= 0.3 is 0 Å². The van der Waals surface area contributed by atoms with Crippen LogP contribution in [0.4, 0.5) is 22.7 Å². The first-order valence-electron chi connectivity index (χ1n) is 15.0. The van der Waals surface area contributed by atoms with Gasteiger partial charge in [0.15, 0.2) is 0 Å². The van der Waals surface area contributed by atoms with Gasteiger partial charge in [-0.25, -0.2) is 0 Å². The van der Waals surface area contributed by atoms with Gasteiger partial charge in [0.2, 0.25) is 0 Å². The quantitative estimate of drug-likeness (QED) is 0.218. The average molecular weight is 560 g/mol. The highest BCUT2D eigenvalue weighted by Gasteiger charge is 2.41. The number of para-hydroxylation sites is 4. The molecule has 5 aromatic carbocycles. The fourth-order valence-electron chi connectivity index (χ4n) is 7.71. The molecule has 43 heavy (non-hydrogen) atoms. The highest BCUT2D eigenvalue weighted by atomic mass is 15.4. The van der Waals surface area contributed by atoms with Crippen molar-refractivity contribution < 1.29 is 0 Å². The molecule has 0 saturated carbocycles. The Morgan fingerprint density at radius 1 is 0.605 bits per heavy atom. The van der Waals surface area contributed by atoms with Crippen molar-refractivity contribution in [3.63, 3.8) is 0 Å². The third-order valence-electron chi connectivity index (χ3n) is 9.87. The molecule has 0 radical (unpaired) electrons. The van der Waals surface area contributed by atoms with Crippen molar-refractivity contribution in [2.75, 3.05) is 42.1 Å². The van der Waals surface area contributed by atoms with Crippen molar-refractivity contribution in [2.45, 2.75) is 12.3 Å². The van der Waals surface area contributed by atoms with Crippen molar-refractivity contribution in [3.05, 3.63) is 138 Å². The molecule has 1 aromatic heterocycles. The number of nitrogens with zero attached hydrogens (tertiary/aromatic N) is 5. The van der Waals surface area contributed by atoms with Gasteiger partial charge in [0.25, 0.3) is 0 Å². The summed E-state index contributed by atoms with van der Waals surface area (Å²) >= 11 is 0. The summed E-state index contributed by atoms with van der Waals surface area (Å²) in [6.07, 6.45) is 4.31. The Balaban J connectivity index is 1.33. The summed E-state index contributed by atoms with van der Waals surface area (Å²) < 4.78 is 2.51. The number of aromatic nitrogens is 1. The minimum atomic E-state index is -0.369. The molecular formula is C38H33N5. The lowest BCUT2D eigenvalue weighted by Gasteiger charge is -2.39. The summed E-state index contributed by atoms with van der Waals surface area (Å²) in [6, 6.07) is 40.7. The summed E-state index contributed by atoms with van der Waals surface area (Å²) in [5, 5.41) is 2.61. The molecule has 210 valence electrons. The molecule has 0 bridgehead atoms. The summed E-state index contributed by atoms with van der Waals surface area (Å²) in [7, 11) is 4.30. The SMILES string of the molecule is CN1C=CN(c2cccc(C3(C)c4cc(N5CN(C)c6ccccc65)ccc4-n4c5ccccc5c5cccc3c54)c2)C1. The van der Waals surface area contributed by atoms with Crippen LogP contribution in [0.1, 0.15) is 23.6 Å². The van der Waals surface area contributed by atoms with Crippen molar-refractivity contribution in [1.29, 1.82) is 0 Å². The van der Waals surface area contributed by atoms with E-state index in [1.165, 1.54) is 66.9 Å². The topological polar surface area (TPSA) is 17.9 Å². The third kappa shape index (κ3) is 3.28. The molecule has 0 saturated heterocycles. The lowest BCUT2D eigenvalue weighted by atomic mass is 9.68. The number of rotatable bonds is 3. The lowest BCUT2D eigenvalue weighted by molar-refractivity contribution is 0.495. The second-order valence-electron chi connectivity index (χ2n) is 12.4. The smallest absolute Gasteiger partial charge is 0.0950 e. The molecule has 1 atom stereocenters. The van der Waals surface area contributed by atoms with Gasteiger partial charge in [0.05, 0.1) is 41.4 Å². The van der Waals surface area contributed by atoms with E-state index in [9.17, 15) is 0 Å². The van der Waals surface area contributed by atoms with Gasteiger partial charge in [-0.2, -0.15) is 0 Å². The van der Waals surface area contributed by atoms with E-state index in [-0.39, 0.29) is 5.41 Å². The molecule has 4 heterocycles. The Bertz CT molecular complexity index is 2120. The molecule has 6 aromatic rings. The van der Waals surface area contributed by atoms with Crippen LogP contribution in [0.5, 0.6) is 0 Å². The van der Waals surface area contributed by atoms with E-state index in [2.05, 4.69) is 167 Å². The van der Waals surface area contributed by atoms with Gasteiger partial charge in [0, 0.05) is 54.1 Å².